The van der Waals surface area contributed by atoms with Crippen molar-refractivity contribution >= 4 is 0 Å². The molecule has 94 valence electrons. The van der Waals surface area contributed by atoms with E-state index in [0.29, 0.717) is 5.75 Å². The molecule has 1 N–H and O–H groups in total. The molecule has 2 aromatic rings. The molecule has 0 spiro atoms. The highest BCUT2D eigenvalue weighted by Crippen LogP contribution is 2.10. The number of benzene rings is 2. The van der Waals surface area contributed by atoms with E-state index in [4.69, 9.17) is 9.84 Å². The van der Waals surface area contributed by atoms with E-state index in [2.05, 4.69) is 12.1 Å². The van der Waals surface area contributed by atoms with Crippen LogP contribution >= 0.6 is 0 Å². The molecule has 0 aromatic heterocycles. The van der Waals surface area contributed by atoms with E-state index in [0.717, 1.165) is 26.1 Å². The van der Waals surface area contributed by atoms with Gasteiger partial charge in [0.2, 0.25) is 0 Å². The van der Waals surface area contributed by atoms with Gasteiger partial charge in [-0.15, -0.1) is 0 Å². The lowest BCUT2D eigenvalue weighted by Gasteiger charge is -2.05. The molecule has 18 heavy (non-hydrogen) atoms. The maximum atomic E-state index is 9.16. The third kappa shape index (κ3) is 4.22. The van der Waals surface area contributed by atoms with Crippen molar-refractivity contribution in [3.8, 4) is 5.75 Å². The fraction of sp³-hybridized carbons (Fsp3) is 0.250. The third-order valence-corrected chi connectivity index (χ3v) is 2.85. The Kier molecular flexibility index (Phi) is 4.79. The Bertz CT molecular complexity index is 448. The Hall–Kier alpha value is -1.80. The molecule has 2 rings (SSSR count). The first-order valence-corrected chi connectivity index (χ1v) is 6.24. The largest absolute Gasteiger partial charge is 0.508 e. The Morgan fingerprint density at radius 2 is 1.28 bits per heavy atom. The summed E-state index contributed by atoms with van der Waals surface area (Å²) in [6.07, 6.45) is 1.84. The Morgan fingerprint density at radius 3 is 1.89 bits per heavy atom. The molecule has 0 bridgehead atoms. The Balaban J connectivity index is 1.63. The lowest BCUT2D eigenvalue weighted by atomic mass is 10.1. The number of hydrogen-bond acceptors (Lipinski definition) is 2. The minimum Gasteiger partial charge on any atom is -0.508 e. The van der Waals surface area contributed by atoms with E-state index in [1.165, 1.54) is 11.1 Å². The predicted octanol–water partition coefficient (Wildman–Crippen LogP) is 3.19. The van der Waals surface area contributed by atoms with Gasteiger partial charge in [-0.05, 0) is 36.1 Å². The molecule has 2 heteroatoms. The molecule has 0 atom stereocenters. The highest BCUT2D eigenvalue weighted by molar-refractivity contribution is 5.25. The molecular weight excluding hydrogens is 224 g/mol. The fourth-order valence-electron chi connectivity index (χ4n) is 1.79. The van der Waals surface area contributed by atoms with Gasteiger partial charge in [0.25, 0.3) is 0 Å². The molecule has 0 fully saturated rings. The van der Waals surface area contributed by atoms with Crippen molar-refractivity contribution in [3.05, 3.63) is 65.7 Å². The molecular formula is C16H18O2. The van der Waals surface area contributed by atoms with Gasteiger partial charge in [-0.1, -0.05) is 42.5 Å². The van der Waals surface area contributed by atoms with Crippen molar-refractivity contribution in [1.82, 2.24) is 0 Å². The maximum absolute atomic E-state index is 9.16. The molecule has 0 amide bonds. The normalized spacial score (nSPS) is 10.4. The molecule has 2 nitrogen and oxygen atoms in total. The minimum atomic E-state index is 0.309. The van der Waals surface area contributed by atoms with Crippen LogP contribution in [0.5, 0.6) is 5.75 Å². The lowest BCUT2D eigenvalue weighted by molar-refractivity contribution is 0.140. The molecule has 0 aliphatic carbocycles. The average molecular weight is 242 g/mol. The quantitative estimate of drug-likeness (QED) is 0.788. The van der Waals surface area contributed by atoms with Gasteiger partial charge in [0.05, 0.1) is 13.2 Å². The van der Waals surface area contributed by atoms with Crippen molar-refractivity contribution in [1.29, 1.82) is 0 Å². The van der Waals surface area contributed by atoms with E-state index in [9.17, 15) is 0 Å². The lowest BCUT2D eigenvalue weighted by Crippen LogP contribution is -2.02. The summed E-state index contributed by atoms with van der Waals surface area (Å²) < 4.78 is 5.61. The van der Waals surface area contributed by atoms with E-state index in [1.807, 2.05) is 30.3 Å². The summed E-state index contributed by atoms with van der Waals surface area (Å²) in [4.78, 5) is 0. The standard InChI is InChI=1S/C16H18O2/c17-16-8-6-15(7-9-16)11-13-18-12-10-14-4-2-1-3-5-14/h1-9,17H,10-13H2. The Labute approximate surface area is 108 Å². The summed E-state index contributed by atoms with van der Waals surface area (Å²) in [7, 11) is 0. The maximum Gasteiger partial charge on any atom is 0.115 e. The van der Waals surface area contributed by atoms with Crippen molar-refractivity contribution in [2.75, 3.05) is 13.2 Å². The molecule has 0 heterocycles. The summed E-state index contributed by atoms with van der Waals surface area (Å²) in [5, 5.41) is 9.16. The van der Waals surface area contributed by atoms with Crippen molar-refractivity contribution in [3.63, 3.8) is 0 Å². The second-order valence-corrected chi connectivity index (χ2v) is 4.26. The molecule has 0 aliphatic rings. The van der Waals surface area contributed by atoms with Gasteiger partial charge in [-0.3, -0.25) is 0 Å². The first-order valence-electron chi connectivity index (χ1n) is 6.24. The van der Waals surface area contributed by atoms with Gasteiger partial charge in [-0.2, -0.15) is 0 Å². The fourth-order valence-corrected chi connectivity index (χ4v) is 1.79. The summed E-state index contributed by atoms with van der Waals surface area (Å²) in [6.45, 7) is 1.47. The van der Waals surface area contributed by atoms with E-state index in [-0.39, 0.29) is 0 Å². The SMILES string of the molecule is Oc1ccc(CCOCCc2ccccc2)cc1. The van der Waals surface area contributed by atoms with Gasteiger partial charge < -0.3 is 9.84 Å². The van der Waals surface area contributed by atoms with Crippen LogP contribution in [0.1, 0.15) is 11.1 Å². The summed E-state index contributed by atoms with van der Waals surface area (Å²) in [5.41, 5.74) is 2.50. The van der Waals surface area contributed by atoms with Crippen LogP contribution in [0.15, 0.2) is 54.6 Å². The van der Waals surface area contributed by atoms with Gasteiger partial charge in [-0.25, -0.2) is 0 Å². The zero-order valence-corrected chi connectivity index (χ0v) is 10.4. The van der Waals surface area contributed by atoms with Crippen molar-refractivity contribution < 1.29 is 9.84 Å². The van der Waals surface area contributed by atoms with Crippen LogP contribution in [0.25, 0.3) is 0 Å². The molecule has 0 saturated heterocycles. The molecule has 0 unspecified atom stereocenters. The second-order valence-electron chi connectivity index (χ2n) is 4.26. The number of ether oxygens (including phenoxy) is 1. The van der Waals surface area contributed by atoms with Crippen LogP contribution in [0.2, 0.25) is 0 Å². The molecule has 0 saturated carbocycles. The van der Waals surface area contributed by atoms with Crippen LogP contribution in [-0.4, -0.2) is 18.3 Å². The first-order chi connectivity index (χ1) is 8.84. The van der Waals surface area contributed by atoms with Crippen molar-refractivity contribution in [2.24, 2.45) is 0 Å². The highest BCUT2D eigenvalue weighted by atomic mass is 16.5. The van der Waals surface area contributed by atoms with Gasteiger partial charge >= 0.3 is 0 Å². The Morgan fingerprint density at radius 1 is 0.722 bits per heavy atom. The first kappa shape index (κ1) is 12.7. The zero-order valence-electron chi connectivity index (χ0n) is 10.4. The minimum absolute atomic E-state index is 0.309. The summed E-state index contributed by atoms with van der Waals surface area (Å²) in [6, 6.07) is 17.6. The monoisotopic (exact) mass is 242 g/mol. The third-order valence-electron chi connectivity index (χ3n) is 2.85. The van der Waals surface area contributed by atoms with Gasteiger partial charge in [0.1, 0.15) is 5.75 Å². The van der Waals surface area contributed by atoms with Crippen LogP contribution in [-0.2, 0) is 17.6 Å². The van der Waals surface area contributed by atoms with E-state index in [1.54, 1.807) is 12.1 Å². The molecule has 0 radical (unpaired) electrons. The predicted molar refractivity (Wildman–Crippen MR) is 72.8 cm³/mol. The summed E-state index contributed by atoms with van der Waals surface area (Å²) in [5.74, 6) is 0.309. The average Bonchev–Trinajstić information content (AvgIpc) is 2.42. The van der Waals surface area contributed by atoms with E-state index >= 15 is 0 Å². The van der Waals surface area contributed by atoms with E-state index < -0.39 is 0 Å². The van der Waals surface area contributed by atoms with Gasteiger partial charge in [0, 0.05) is 0 Å². The van der Waals surface area contributed by atoms with Crippen LogP contribution in [0.4, 0.5) is 0 Å². The number of rotatable bonds is 6. The van der Waals surface area contributed by atoms with Crippen LogP contribution in [0.3, 0.4) is 0 Å². The zero-order chi connectivity index (χ0) is 12.6. The molecule has 2 aromatic carbocycles. The second kappa shape index (κ2) is 6.82. The smallest absolute Gasteiger partial charge is 0.115 e. The van der Waals surface area contributed by atoms with Crippen molar-refractivity contribution in [2.45, 2.75) is 12.8 Å². The summed E-state index contributed by atoms with van der Waals surface area (Å²) >= 11 is 0. The van der Waals surface area contributed by atoms with Crippen LogP contribution < -0.4 is 0 Å². The van der Waals surface area contributed by atoms with Crippen LogP contribution in [0, 0.1) is 0 Å². The number of phenolic OH excluding ortho intramolecular Hbond substituents is 1. The topological polar surface area (TPSA) is 29.5 Å². The molecule has 0 aliphatic heterocycles. The highest BCUT2D eigenvalue weighted by Gasteiger charge is 1.95. The number of hydrogen-bond donors (Lipinski definition) is 1. The number of phenols is 1. The van der Waals surface area contributed by atoms with Gasteiger partial charge in [0.15, 0.2) is 0 Å². The number of aromatic hydroxyl groups is 1.